The largest absolute Gasteiger partial charge is 0.362 e. The molecule has 5 nitrogen and oxygen atoms in total. The van der Waals surface area contributed by atoms with Crippen LogP contribution >= 0.6 is 12.2 Å². The van der Waals surface area contributed by atoms with Gasteiger partial charge in [-0.15, -0.1) is 0 Å². The summed E-state index contributed by atoms with van der Waals surface area (Å²) in [5.74, 6) is 0. The summed E-state index contributed by atoms with van der Waals surface area (Å²) in [6, 6.07) is 9.90. The summed E-state index contributed by atoms with van der Waals surface area (Å²) >= 11 is 5.49. The number of nitrogens with one attached hydrogen (secondary N) is 2. The molecule has 0 saturated carbocycles. The monoisotopic (exact) mass is 464 g/mol. The minimum Gasteiger partial charge on any atom is -0.362 e. The Hall–Kier alpha value is -2.73. The van der Waals surface area contributed by atoms with E-state index in [9.17, 15) is 4.79 Å². The van der Waals surface area contributed by atoms with Crippen LogP contribution in [0.15, 0.2) is 41.3 Å². The molecular formula is C27H36N4OS. The van der Waals surface area contributed by atoms with Gasteiger partial charge in [-0.05, 0) is 67.9 Å². The summed E-state index contributed by atoms with van der Waals surface area (Å²) in [7, 11) is 1.81. The fourth-order valence-corrected chi connectivity index (χ4v) is 4.33. The molecule has 33 heavy (non-hydrogen) atoms. The lowest BCUT2D eigenvalue weighted by molar-refractivity contribution is 0.586. The van der Waals surface area contributed by atoms with Gasteiger partial charge in [0.2, 0.25) is 0 Å². The van der Waals surface area contributed by atoms with Crippen molar-refractivity contribution >= 4 is 33.9 Å². The van der Waals surface area contributed by atoms with Crippen LogP contribution in [0.2, 0.25) is 0 Å². The average molecular weight is 465 g/mol. The first kappa shape index (κ1) is 24.9. The number of aromatic nitrogens is 2. The smallest absolute Gasteiger partial charge is 0.258 e. The molecule has 0 radical (unpaired) electrons. The molecule has 176 valence electrons. The van der Waals surface area contributed by atoms with E-state index >= 15 is 0 Å². The lowest BCUT2D eigenvalue weighted by Gasteiger charge is -2.14. The number of hydrogen-bond donors (Lipinski definition) is 2. The van der Waals surface area contributed by atoms with E-state index in [1.807, 2.05) is 57.4 Å². The van der Waals surface area contributed by atoms with Gasteiger partial charge in [-0.25, -0.2) is 0 Å². The fourth-order valence-electron chi connectivity index (χ4n) is 4.11. The highest BCUT2D eigenvalue weighted by Gasteiger charge is 2.13. The Morgan fingerprint density at radius 3 is 2.48 bits per heavy atom. The highest BCUT2D eigenvalue weighted by molar-refractivity contribution is 7.80. The van der Waals surface area contributed by atoms with Gasteiger partial charge in [-0.1, -0.05) is 51.5 Å². The lowest BCUT2D eigenvalue weighted by Crippen LogP contribution is -2.29. The number of rotatable bonds is 10. The molecule has 1 aromatic carbocycles. The van der Waals surface area contributed by atoms with E-state index < -0.39 is 0 Å². The predicted octanol–water partition coefficient (Wildman–Crippen LogP) is 6.25. The Morgan fingerprint density at radius 1 is 1.00 bits per heavy atom. The van der Waals surface area contributed by atoms with E-state index in [1.54, 1.807) is 4.57 Å². The Bertz CT molecular complexity index is 1170. The van der Waals surface area contributed by atoms with Crippen molar-refractivity contribution in [3.8, 4) is 11.1 Å². The van der Waals surface area contributed by atoms with Crippen molar-refractivity contribution in [3.63, 3.8) is 0 Å². The number of nitrogens with zero attached hydrogens (tertiary/aromatic N) is 2. The summed E-state index contributed by atoms with van der Waals surface area (Å²) in [5.41, 5.74) is 5.24. The molecule has 0 aliphatic rings. The third-order valence-electron chi connectivity index (χ3n) is 6.10. The van der Waals surface area contributed by atoms with E-state index in [-0.39, 0.29) is 5.56 Å². The van der Waals surface area contributed by atoms with Crippen molar-refractivity contribution in [1.29, 1.82) is 0 Å². The fraction of sp³-hybridized carbons (Fsp3) is 0.444. The van der Waals surface area contributed by atoms with E-state index in [0.29, 0.717) is 10.7 Å². The minimum atomic E-state index is -0.0204. The standard InChI is InChI=1S/C27H36N4OS/c1-5-6-7-8-9-10-11-14-28-27(33)30-22-13-12-19(2)23(17-22)24-16-21-18-29-20(3)15-25(21)31(4)26(24)32/h12-13,15-18H,5-11,14H2,1-4H3,(H2,28,30,33). The molecule has 2 aromatic heterocycles. The summed E-state index contributed by atoms with van der Waals surface area (Å²) in [4.78, 5) is 17.5. The van der Waals surface area contributed by atoms with Crippen LogP contribution in [0, 0.1) is 13.8 Å². The molecule has 0 aliphatic heterocycles. The first-order valence-electron chi connectivity index (χ1n) is 12.0. The maximum absolute atomic E-state index is 13.2. The third-order valence-corrected chi connectivity index (χ3v) is 6.34. The molecule has 6 heteroatoms. The predicted molar refractivity (Wildman–Crippen MR) is 144 cm³/mol. The van der Waals surface area contributed by atoms with Crippen LogP contribution in [0.25, 0.3) is 22.0 Å². The van der Waals surface area contributed by atoms with Gasteiger partial charge in [-0.2, -0.15) is 0 Å². The van der Waals surface area contributed by atoms with E-state index in [2.05, 4.69) is 22.5 Å². The summed E-state index contributed by atoms with van der Waals surface area (Å²) in [6.07, 6.45) is 10.8. The third kappa shape index (κ3) is 6.64. The zero-order valence-electron chi connectivity index (χ0n) is 20.3. The van der Waals surface area contributed by atoms with Crippen LogP contribution < -0.4 is 16.2 Å². The molecule has 3 rings (SSSR count). The Labute approximate surface area is 202 Å². The molecular weight excluding hydrogens is 428 g/mol. The van der Waals surface area contributed by atoms with Crippen LogP contribution in [0.1, 0.15) is 63.1 Å². The quantitative estimate of drug-likeness (QED) is 0.274. The van der Waals surface area contributed by atoms with Crippen LogP contribution in [0.3, 0.4) is 0 Å². The molecule has 0 bridgehead atoms. The highest BCUT2D eigenvalue weighted by atomic mass is 32.1. The molecule has 2 heterocycles. The summed E-state index contributed by atoms with van der Waals surface area (Å²) < 4.78 is 1.70. The van der Waals surface area contributed by atoms with Gasteiger partial charge in [-0.3, -0.25) is 9.78 Å². The van der Waals surface area contributed by atoms with Gasteiger partial charge in [0, 0.05) is 42.1 Å². The van der Waals surface area contributed by atoms with Crippen molar-refractivity contribution in [2.45, 2.75) is 65.7 Å². The second kappa shape index (κ2) is 11.9. The maximum atomic E-state index is 13.2. The van der Waals surface area contributed by atoms with Crippen LogP contribution in [-0.2, 0) is 7.05 Å². The number of aryl methyl sites for hydroxylation is 3. The minimum absolute atomic E-state index is 0.0204. The number of hydrogen-bond acceptors (Lipinski definition) is 3. The van der Waals surface area contributed by atoms with Crippen LogP contribution in [0.5, 0.6) is 0 Å². The Balaban J connectivity index is 1.67. The highest BCUT2D eigenvalue weighted by Crippen LogP contribution is 2.27. The summed E-state index contributed by atoms with van der Waals surface area (Å²) in [5, 5.41) is 8.14. The topological polar surface area (TPSA) is 59.0 Å². The number of benzene rings is 1. The van der Waals surface area contributed by atoms with Crippen molar-refractivity contribution < 1.29 is 0 Å². The van der Waals surface area contributed by atoms with E-state index in [4.69, 9.17) is 12.2 Å². The molecule has 0 atom stereocenters. The average Bonchev–Trinajstić information content (AvgIpc) is 2.80. The normalized spacial score (nSPS) is 11.0. The van der Waals surface area contributed by atoms with Crippen LogP contribution in [-0.4, -0.2) is 21.2 Å². The Morgan fingerprint density at radius 2 is 1.73 bits per heavy atom. The first-order chi connectivity index (χ1) is 15.9. The van der Waals surface area contributed by atoms with Crippen molar-refractivity contribution in [3.05, 3.63) is 58.1 Å². The molecule has 0 aliphatic carbocycles. The zero-order chi connectivity index (χ0) is 23.8. The second-order valence-electron chi connectivity index (χ2n) is 8.84. The molecule has 2 N–H and O–H groups in total. The van der Waals surface area contributed by atoms with Crippen LogP contribution in [0.4, 0.5) is 5.69 Å². The number of anilines is 1. The lowest BCUT2D eigenvalue weighted by atomic mass is 9.99. The van der Waals surface area contributed by atoms with Crippen molar-refractivity contribution in [1.82, 2.24) is 14.9 Å². The van der Waals surface area contributed by atoms with Gasteiger partial charge < -0.3 is 15.2 Å². The summed E-state index contributed by atoms with van der Waals surface area (Å²) in [6.45, 7) is 7.07. The molecule has 0 saturated heterocycles. The van der Waals surface area contributed by atoms with Gasteiger partial charge >= 0.3 is 0 Å². The van der Waals surface area contributed by atoms with E-state index in [0.717, 1.165) is 46.4 Å². The van der Waals surface area contributed by atoms with Gasteiger partial charge in [0.05, 0.1) is 5.52 Å². The SMILES string of the molecule is CCCCCCCCCNC(=S)Nc1ccc(C)c(-c2cc3cnc(C)cc3n(C)c2=O)c1. The van der Waals surface area contributed by atoms with Gasteiger partial charge in [0.25, 0.3) is 5.56 Å². The Kier molecular flexibility index (Phi) is 9.01. The molecule has 0 spiro atoms. The van der Waals surface area contributed by atoms with Crippen molar-refractivity contribution in [2.24, 2.45) is 7.05 Å². The van der Waals surface area contributed by atoms with Crippen molar-refractivity contribution in [2.75, 3.05) is 11.9 Å². The van der Waals surface area contributed by atoms with Gasteiger partial charge in [0.1, 0.15) is 0 Å². The number of fused-ring (bicyclic) bond motifs is 1. The molecule has 0 unspecified atom stereocenters. The van der Waals surface area contributed by atoms with Gasteiger partial charge in [0.15, 0.2) is 5.11 Å². The first-order valence-corrected chi connectivity index (χ1v) is 12.4. The molecule has 3 aromatic rings. The molecule has 0 fully saturated rings. The number of thiocarbonyl (C=S) groups is 1. The molecule has 0 amide bonds. The number of pyridine rings is 2. The number of unbranched alkanes of at least 4 members (excludes halogenated alkanes) is 6. The van der Waals surface area contributed by atoms with E-state index in [1.165, 1.54) is 38.5 Å². The second-order valence-corrected chi connectivity index (χ2v) is 9.25. The zero-order valence-corrected chi connectivity index (χ0v) is 21.1. The maximum Gasteiger partial charge on any atom is 0.258 e.